The Balaban J connectivity index is 1.73. The number of nitrogens with one attached hydrogen (secondary N) is 2. The summed E-state index contributed by atoms with van der Waals surface area (Å²) in [6.07, 6.45) is 7.22. The van der Waals surface area contributed by atoms with Gasteiger partial charge in [-0.2, -0.15) is 0 Å². The fourth-order valence-electron chi connectivity index (χ4n) is 4.47. The summed E-state index contributed by atoms with van der Waals surface area (Å²) in [5, 5.41) is 3.56. The van der Waals surface area contributed by atoms with Gasteiger partial charge in [0.25, 0.3) is 5.56 Å². The van der Waals surface area contributed by atoms with Gasteiger partial charge in [-0.05, 0) is 73.6 Å². The van der Waals surface area contributed by atoms with Crippen molar-refractivity contribution in [2.24, 2.45) is 7.05 Å². The topological polar surface area (TPSA) is 76.1 Å². The van der Waals surface area contributed by atoms with Gasteiger partial charge in [0, 0.05) is 36.3 Å². The molecule has 2 heterocycles. The lowest BCUT2D eigenvalue weighted by molar-refractivity contribution is -0.111. The Morgan fingerprint density at radius 1 is 1.18 bits per heavy atom. The second kappa shape index (κ2) is 8.37. The highest BCUT2D eigenvalue weighted by molar-refractivity contribution is 6.01. The average molecular weight is 454 g/mol. The molecule has 1 fully saturated rings. The second-order valence-electron chi connectivity index (χ2n) is 8.95. The van der Waals surface area contributed by atoms with Crippen LogP contribution in [0, 0.1) is 13.8 Å². The Kier molecular flexibility index (Phi) is 5.36. The number of H-pyrrole nitrogens is 1. The van der Waals surface area contributed by atoms with Crippen LogP contribution in [0.1, 0.15) is 35.4 Å². The lowest BCUT2D eigenvalue weighted by atomic mass is 10.0. The van der Waals surface area contributed by atoms with Gasteiger partial charge in [-0.1, -0.05) is 24.8 Å². The first-order valence-electron chi connectivity index (χ1n) is 11.4. The highest BCUT2D eigenvalue weighted by atomic mass is 16.5. The monoisotopic (exact) mass is 453 g/mol. The van der Waals surface area contributed by atoms with E-state index >= 15 is 0 Å². The first-order valence-corrected chi connectivity index (χ1v) is 11.4. The molecule has 1 amide bonds. The van der Waals surface area contributed by atoms with Gasteiger partial charge in [0.15, 0.2) is 0 Å². The third-order valence-corrected chi connectivity index (χ3v) is 6.40. The highest BCUT2D eigenvalue weighted by Crippen LogP contribution is 2.45. The summed E-state index contributed by atoms with van der Waals surface area (Å²) < 4.78 is 8.08. The molecule has 5 rings (SSSR count). The summed E-state index contributed by atoms with van der Waals surface area (Å²) in [7, 11) is 1.77. The van der Waals surface area contributed by atoms with Crippen molar-refractivity contribution in [3.8, 4) is 22.6 Å². The van der Waals surface area contributed by atoms with E-state index in [-0.39, 0.29) is 11.5 Å². The first-order chi connectivity index (χ1) is 16.4. The molecular formula is C28H27N3O3. The van der Waals surface area contributed by atoms with Gasteiger partial charge in [0.2, 0.25) is 5.91 Å². The van der Waals surface area contributed by atoms with Crippen LogP contribution in [-0.4, -0.2) is 15.5 Å². The minimum absolute atomic E-state index is 0.0183. The number of amides is 1. The maximum absolute atomic E-state index is 13.1. The predicted octanol–water partition coefficient (Wildman–Crippen LogP) is 5.94. The third-order valence-electron chi connectivity index (χ3n) is 6.40. The van der Waals surface area contributed by atoms with Gasteiger partial charge < -0.3 is 19.6 Å². The van der Waals surface area contributed by atoms with E-state index in [2.05, 4.69) is 16.9 Å². The molecule has 1 aliphatic carbocycles. The second-order valence-corrected chi connectivity index (χ2v) is 8.95. The van der Waals surface area contributed by atoms with Crippen molar-refractivity contribution in [3.63, 3.8) is 0 Å². The fraction of sp³-hybridized carbons (Fsp3) is 0.214. The number of pyridine rings is 1. The number of ether oxygens (including phenoxy) is 1. The minimum Gasteiger partial charge on any atom is -0.456 e. The zero-order chi connectivity index (χ0) is 24.0. The number of nitrogens with zero attached hydrogens (tertiary/aromatic N) is 1. The van der Waals surface area contributed by atoms with Crippen molar-refractivity contribution in [3.05, 3.63) is 88.5 Å². The van der Waals surface area contributed by atoms with Crippen molar-refractivity contribution >= 4 is 22.5 Å². The molecule has 1 aliphatic rings. The maximum Gasteiger partial charge on any atom is 0.260 e. The molecule has 34 heavy (non-hydrogen) atoms. The quantitative estimate of drug-likeness (QED) is 0.355. The van der Waals surface area contributed by atoms with Crippen LogP contribution in [0.4, 0.5) is 5.69 Å². The minimum atomic E-state index is -0.295. The van der Waals surface area contributed by atoms with Crippen molar-refractivity contribution in [2.45, 2.75) is 32.6 Å². The van der Waals surface area contributed by atoms with Crippen LogP contribution in [0.25, 0.3) is 22.0 Å². The van der Waals surface area contributed by atoms with Crippen molar-refractivity contribution in [1.29, 1.82) is 0 Å². The fourth-order valence-corrected chi connectivity index (χ4v) is 4.47. The summed E-state index contributed by atoms with van der Waals surface area (Å²) in [5.74, 6) is 1.56. The van der Waals surface area contributed by atoms with Crippen molar-refractivity contribution < 1.29 is 9.53 Å². The molecule has 4 aromatic rings. The third kappa shape index (κ3) is 3.81. The molecule has 6 heteroatoms. The summed E-state index contributed by atoms with van der Waals surface area (Å²) in [4.78, 5) is 28.4. The van der Waals surface area contributed by atoms with E-state index in [1.54, 1.807) is 17.7 Å². The standard InChI is InChI=1S/C28H27N3O3/c1-5-24(32)30-19-11-12-23(34-27-16(2)7-6-8-17(27)3)20(13-19)22-15-31(4)28(33)25-21(18-9-10-18)14-29-26(22)25/h5-8,11-15,18,29H,1,9-10H2,2-4H3,(H,30,32). The van der Waals surface area contributed by atoms with Gasteiger partial charge >= 0.3 is 0 Å². The van der Waals surface area contributed by atoms with Crippen LogP contribution in [0.15, 0.2) is 66.2 Å². The number of aromatic nitrogens is 2. The molecule has 0 radical (unpaired) electrons. The van der Waals surface area contributed by atoms with Crippen LogP contribution in [0.2, 0.25) is 0 Å². The van der Waals surface area contributed by atoms with E-state index in [1.807, 2.05) is 56.6 Å². The molecule has 2 aromatic heterocycles. The van der Waals surface area contributed by atoms with Crippen LogP contribution < -0.4 is 15.6 Å². The number of carbonyl (C=O) groups excluding carboxylic acids is 1. The van der Waals surface area contributed by atoms with Crippen molar-refractivity contribution in [1.82, 2.24) is 9.55 Å². The van der Waals surface area contributed by atoms with Crippen molar-refractivity contribution in [2.75, 3.05) is 5.32 Å². The average Bonchev–Trinajstić information content (AvgIpc) is 3.57. The van der Waals surface area contributed by atoms with Gasteiger partial charge in [0.05, 0.1) is 10.9 Å². The van der Waals surface area contributed by atoms with Gasteiger partial charge in [-0.25, -0.2) is 0 Å². The lowest BCUT2D eigenvalue weighted by Crippen LogP contribution is -2.17. The van der Waals surface area contributed by atoms with E-state index in [4.69, 9.17) is 4.74 Å². The van der Waals surface area contributed by atoms with Crippen LogP contribution in [-0.2, 0) is 11.8 Å². The molecule has 172 valence electrons. The number of fused-ring (bicyclic) bond motifs is 1. The summed E-state index contributed by atoms with van der Waals surface area (Å²) >= 11 is 0. The highest BCUT2D eigenvalue weighted by Gasteiger charge is 2.29. The number of hydrogen-bond acceptors (Lipinski definition) is 3. The van der Waals surface area contributed by atoms with Gasteiger partial charge in [0.1, 0.15) is 11.5 Å². The maximum atomic E-state index is 13.1. The molecule has 2 aromatic carbocycles. The molecule has 6 nitrogen and oxygen atoms in total. The molecule has 0 saturated heterocycles. The number of aromatic amines is 1. The Labute approximate surface area is 197 Å². The molecular weight excluding hydrogens is 426 g/mol. The van der Waals surface area contributed by atoms with E-state index < -0.39 is 0 Å². The largest absolute Gasteiger partial charge is 0.456 e. The van der Waals surface area contributed by atoms with E-state index in [9.17, 15) is 9.59 Å². The molecule has 0 aliphatic heterocycles. The zero-order valence-electron chi connectivity index (χ0n) is 19.6. The Morgan fingerprint density at radius 2 is 1.91 bits per heavy atom. The Morgan fingerprint density at radius 3 is 2.59 bits per heavy atom. The molecule has 0 unspecified atom stereocenters. The number of hydrogen-bond donors (Lipinski definition) is 2. The molecule has 0 atom stereocenters. The summed E-state index contributed by atoms with van der Waals surface area (Å²) in [5.41, 5.74) is 6.11. The van der Waals surface area contributed by atoms with Crippen LogP contribution in [0.5, 0.6) is 11.5 Å². The first kappa shape index (κ1) is 21.8. The zero-order valence-corrected chi connectivity index (χ0v) is 19.6. The molecule has 0 bridgehead atoms. The molecule has 2 N–H and O–H groups in total. The summed E-state index contributed by atoms with van der Waals surface area (Å²) in [6, 6.07) is 11.6. The predicted molar refractivity (Wildman–Crippen MR) is 136 cm³/mol. The van der Waals surface area contributed by atoms with E-state index in [1.165, 1.54) is 6.08 Å². The smallest absolute Gasteiger partial charge is 0.260 e. The molecule has 0 spiro atoms. The number of rotatable bonds is 6. The van der Waals surface area contributed by atoms with E-state index in [0.29, 0.717) is 17.4 Å². The van der Waals surface area contributed by atoms with Gasteiger partial charge in [-0.15, -0.1) is 0 Å². The number of benzene rings is 2. The number of carbonyl (C=O) groups is 1. The molecule has 1 saturated carbocycles. The normalized spacial score (nSPS) is 13.1. The Bertz CT molecular complexity index is 1490. The Hall–Kier alpha value is -4.06. The van der Waals surface area contributed by atoms with Crippen LogP contribution >= 0.6 is 0 Å². The number of para-hydroxylation sites is 1. The number of aryl methyl sites for hydroxylation is 3. The van der Waals surface area contributed by atoms with Crippen LogP contribution in [0.3, 0.4) is 0 Å². The SMILES string of the molecule is C=CC(=O)Nc1ccc(Oc2c(C)cccc2C)c(-c2cn(C)c(=O)c3c(C4CC4)c[nH]c23)c1. The number of anilines is 1. The lowest BCUT2D eigenvalue weighted by Gasteiger charge is -2.17. The van der Waals surface area contributed by atoms with E-state index in [0.717, 1.165) is 57.3 Å². The summed E-state index contributed by atoms with van der Waals surface area (Å²) in [6.45, 7) is 7.56. The van der Waals surface area contributed by atoms with Gasteiger partial charge in [-0.3, -0.25) is 9.59 Å².